The highest BCUT2D eigenvalue weighted by atomic mass is 19.3. The van der Waals surface area contributed by atoms with Gasteiger partial charge in [-0.2, -0.15) is 13.8 Å². The number of anilines is 3. The second-order valence-corrected chi connectivity index (χ2v) is 5.46. The zero-order chi connectivity index (χ0) is 19.6. The maximum atomic E-state index is 12.2. The summed E-state index contributed by atoms with van der Waals surface area (Å²) in [5.74, 6) is 1.16. The molecule has 27 heavy (non-hydrogen) atoms. The molecule has 146 valence electrons. The molecule has 2 rings (SSSR count). The number of carbonyl (C=O) groups excluding carboxylic acids is 1. The van der Waals surface area contributed by atoms with Crippen LogP contribution in [0.5, 0.6) is 5.75 Å². The first-order valence-electron chi connectivity index (χ1n) is 8.39. The molecule has 8 nitrogen and oxygen atoms in total. The number of alkyl halides is 2. The van der Waals surface area contributed by atoms with E-state index in [0.29, 0.717) is 37.1 Å². The normalized spacial score (nSPS) is 10.4. The third kappa shape index (κ3) is 7.30. The number of hydrogen-bond donors (Lipinski definition) is 4. The van der Waals surface area contributed by atoms with Crippen LogP contribution in [0.3, 0.4) is 0 Å². The van der Waals surface area contributed by atoms with Crippen LogP contribution in [-0.2, 0) is 0 Å². The second kappa shape index (κ2) is 10.1. The van der Waals surface area contributed by atoms with Crippen LogP contribution >= 0.6 is 0 Å². The molecule has 0 aliphatic rings. The Labute approximate surface area is 155 Å². The average molecular weight is 380 g/mol. The highest BCUT2D eigenvalue weighted by Gasteiger charge is 2.07. The van der Waals surface area contributed by atoms with Gasteiger partial charge in [0.1, 0.15) is 11.6 Å². The van der Waals surface area contributed by atoms with Crippen molar-refractivity contribution in [1.29, 1.82) is 0 Å². The van der Waals surface area contributed by atoms with Gasteiger partial charge < -0.3 is 26.0 Å². The number of carbonyl (C=O) groups is 1. The van der Waals surface area contributed by atoms with Gasteiger partial charge in [-0.1, -0.05) is 6.07 Å². The van der Waals surface area contributed by atoms with E-state index in [1.165, 1.54) is 18.2 Å². The topological polar surface area (TPSA) is 100 Å². The predicted molar refractivity (Wildman–Crippen MR) is 99.5 cm³/mol. The number of aryl methyl sites for hydroxylation is 1. The van der Waals surface area contributed by atoms with Crippen molar-refractivity contribution in [2.24, 2.45) is 0 Å². The Bertz CT molecular complexity index is 760. The molecule has 4 N–H and O–H groups in total. The third-order valence-electron chi connectivity index (χ3n) is 3.22. The zero-order valence-electron chi connectivity index (χ0n) is 15.1. The van der Waals surface area contributed by atoms with Crippen LogP contribution in [0.4, 0.5) is 31.0 Å². The molecule has 0 spiro atoms. The van der Waals surface area contributed by atoms with E-state index in [-0.39, 0.29) is 5.75 Å². The Hall–Kier alpha value is -3.17. The quantitative estimate of drug-likeness (QED) is 0.499. The molecule has 0 aliphatic heterocycles. The van der Waals surface area contributed by atoms with Crippen LogP contribution in [0.2, 0.25) is 0 Å². The van der Waals surface area contributed by atoms with Crippen molar-refractivity contribution in [3.63, 3.8) is 0 Å². The molecule has 1 heterocycles. The molecule has 10 heteroatoms. The summed E-state index contributed by atoms with van der Waals surface area (Å²) in [4.78, 5) is 20.4. The highest BCUT2D eigenvalue weighted by molar-refractivity contribution is 5.89. The standard InChI is InChI=1S/C17H22F2N6O2/c1-3-20-16-23-11(2)9-14(25-16)21-7-8-22-17(26)24-12-5-4-6-13(10-12)27-15(18)19/h4-6,9-10,15H,3,7-8H2,1-2H3,(H2,22,24,26)(H2,20,21,23,25). The second-order valence-electron chi connectivity index (χ2n) is 5.46. The van der Waals surface area contributed by atoms with Crippen LogP contribution in [0, 0.1) is 6.92 Å². The Morgan fingerprint density at radius 1 is 1.19 bits per heavy atom. The first kappa shape index (κ1) is 20.1. The number of amides is 2. The van der Waals surface area contributed by atoms with Gasteiger partial charge in [0.25, 0.3) is 0 Å². The van der Waals surface area contributed by atoms with E-state index in [4.69, 9.17) is 0 Å². The molecule has 0 atom stereocenters. The molecule has 0 aliphatic carbocycles. The van der Waals surface area contributed by atoms with Crippen molar-refractivity contribution in [2.75, 3.05) is 35.6 Å². The number of aromatic nitrogens is 2. The maximum absolute atomic E-state index is 12.2. The van der Waals surface area contributed by atoms with E-state index in [2.05, 4.69) is 36.0 Å². The fourth-order valence-corrected chi connectivity index (χ4v) is 2.19. The first-order valence-corrected chi connectivity index (χ1v) is 8.39. The lowest BCUT2D eigenvalue weighted by Crippen LogP contribution is -2.32. The summed E-state index contributed by atoms with van der Waals surface area (Å²) in [5.41, 5.74) is 1.17. The van der Waals surface area contributed by atoms with Gasteiger partial charge in [-0.25, -0.2) is 9.78 Å². The Morgan fingerprint density at radius 2 is 2.00 bits per heavy atom. The molecule has 2 aromatic rings. The molecule has 0 radical (unpaired) electrons. The number of nitrogens with one attached hydrogen (secondary N) is 4. The van der Waals surface area contributed by atoms with Gasteiger partial charge in [0, 0.05) is 43.1 Å². The number of halogens is 2. The van der Waals surface area contributed by atoms with Crippen LogP contribution in [-0.4, -0.2) is 42.2 Å². The van der Waals surface area contributed by atoms with Gasteiger partial charge in [-0.05, 0) is 26.0 Å². The first-order chi connectivity index (χ1) is 13.0. The van der Waals surface area contributed by atoms with E-state index in [1.807, 2.05) is 13.8 Å². The number of benzene rings is 1. The van der Waals surface area contributed by atoms with Gasteiger partial charge >= 0.3 is 12.6 Å². The van der Waals surface area contributed by atoms with Crippen molar-refractivity contribution in [3.8, 4) is 5.75 Å². The van der Waals surface area contributed by atoms with Crippen LogP contribution in [0.25, 0.3) is 0 Å². The lowest BCUT2D eigenvalue weighted by Gasteiger charge is -2.11. The monoisotopic (exact) mass is 380 g/mol. The maximum Gasteiger partial charge on any atom is 0.387 e. The molecular formula is C17H22F2N6O2. The summed E-state index contributed by atoms with van der Waals surface area (Å²) >= 11 is 0. The summed E-state index contributed by atoms with van der Waals surface area (Å²) in [5, 5.41) is 11.3. The molecule has 0 bridgehead atoms. The number of rotatable bonds is 9. The molecular weight excluding hydrogens is 358 g/mol. The molecule has 0 saturated heterocycles. The van der Waals surface area contributed by atoms with Crippen molar-refractivity contribution >= 4 is 23.5 Å². The highest BCUT2D eigenvalue weighted by Crippen LogP contribution is 2.19. The Morgan fingerprint density at radius 3 is 2.74 bits per heavy atom. The number of urea groups is 1. The van der Waals surface area contributed by atoms with Crippen LogP contribution in [0.1, 0.15) is 12.6 Å². The number of ether oxygens (including phenoxy) is 1. The molecule has 0 fully saturated rings. The minimum absolute atomic E-state index is 0.0277. The van der Waals surface area contributed by atoms with Gasteiger partial charge in [-0.15, -0.1) is 0 Å². The number of nitrogens with zero attached hydrogens (tertiary/aromatic N) is 2. The summed E-state index contributed by atoms with van der Waals surface area (Å²) in [6.07, 6.45) is 0. The van der Waals surface area contributed by atoms with Crippen molar-refractivity contribution < 1.29 is 18.3 Å². The van der Waals surface area contributed by atoms with Crippen molar-refractivity contribution in [3.05, 3.63) is 36.0 Å². The molecule has 0 saturated carbocycles. The van der Waals surface area contributed by atoms with Gasteiger partial charge in [0.05, 0.1) is 0 Å². The van der Waals surface area contributed by atoms with Crippen LogP contribution < -0.4 is 26.0 Å². The smallest absolute Gasteiger partial charge is 0.387 e. The van der Waals surface area contributed by atoms with Gasteiger partial charge in [-0.3, -0.25) is 0 Å². The third-order valence-corrected chi connectivity index (χ3v) is 3.22. The van der Waals surface area contributed by atoms with Crippen molar-refractivity contribution in [2.45, 2.75) is 20.5 Å². The lowest BCUT2D eigenvalue weighted by molar-refractivity contribution is -0.0497. The van der Waals surface area contributed by atoms with E-state index in [0.717, 1.165) is 5.69 Å². The molecule has 1 aromatic carbocycles. The SMILES string of the molecule is CCNc1nc(C)cc(NCCNC(=O)Nc2cccc(OC(F)F)c2)n1. The van der Waals surface area contributed by atoms with E-state index in [9.17, 15) is 13.6 Å². The Kier molecular flexibility index (Phi) is 7.53. The van der Waals surface area contributed by atoms with Gasteiger partial charge in [0.15, 0.2) is 0 Å². The summed E-state index contributed by atoms with van der Waals surface area (Å²) in [6, 6.07) is 7.12. The van der Waals surface area contributed by atoms with Crippen molar-refractivity contribution in [1.82, 2.24) is 15.3 Å². The molecule has 1 aromatic heterocycles. The summed E-state index contributed by atoms with van der Waals surface area (Å²) in [6.45, 7) is 2.40. The number of hydrogen-bond acceptors (Lipinski definition) is 6. The largest absolute Gasteiger partial charge is 0.435 e. The average Bonchev–Trinajstić information content (AvgIpc) is 2.58. The van der Waals surface area contributed by atoms with Gasteiger partial charge in [0.2, 0.25) is 5.95 Å². The summed E-state index contributed by atoms with van der Waals surface area (Å²) < 4.78 is 28.7. The fraction of sp³-hybridized carbons (Fsp3) is 0.353. The minimum Gasteiger partial charge on any atom is -0.435 e. The molecule has 0 unspecified atom stereocenters. The van der Waals surface area contributed by atoms with E-state index >= 15 is 0 Å². The Balaban J connectivity index is 1.76. The predicted octanol–water partition coefficient (Wildman–Crippen LogP) is 3.05. The summed E-state index contributed by atoms with van der Waals surface area (Å²) in [7, 11) is 0. The van der Waals surface area contributed by atoms with E-state index in [1.54, 1.807) is 12.1 Å². The van der Waals surface area contributed by atoms with Crippen LogP contribution in [0.15, 0.2) is 30.3 Å². The zero-order valence-corrected chi connectivity index (χ0v) is 15.1. The fourth-order valence-electron chi connectivity index (χ4n) is 2.19. The lowest BCUT2D eigenvalue weighted by atomic mass is 10.3. The van der Waals surface area contributed by atoms with E-state index < -0.39 is 12.6 Å². The minimum atomic E-state index is -2.92. The molecule has 2 amide bonds.